The smallest absolute Gasteiger partial charge is 0.0970 e. The SMILES string of the molecule is CC(C)[CH2][AlH][CH2]CC1CCC(C[CH2][AlH][CH2]C(C)C)C1. The van der Waals surface area contributed by atoms with Crippen LogP contribution in [0, 0.1) is 23.7 Å². The second kappa shape index (κ2) is 10.7. The second-order valence-electron chi connectivity index (χ2n) is 7.90. The highest BCUT2D eigenvalue weighted by molar-refractivity contribution is 6.35. The summed E-state index contributed by atoms with van der Waals surface area (Å²) in [5.74, 6) is 4.20. The summed E-state index contributed by atoms with van der Waals surface area (Å²) in [5, 5.41) is 6.43. The van der Waals surface area contributed by atoms with E-state index in [0.717, 1.165) is 23.7 Å². The first-order valence-electron chi connectivity index (χ1n) is 9.08. The molecule has 0 bridgehead atoms. The van der Waals surface area contributed by atoms with Gasteiger partial charge in [-0.3, -0.25) is 0 Å². The zero-order chi connectivity index (χ0) is 14.1. The lowest BCUT2D eigenvalue weighted by molar-refractivity contribution is 0.470. The maximum atomic E-state index is 2.39. The molecule has 0 aromatic carbocycles. The second-order valence-corrected chi connectivity index (χ2v) is 11.9. The quantitative estimate of drug-likeness (QED) is 0.391. The Morgan fingerprint density at radius 2 is 1.21 bits per heavy atom. The molecule has 1 aliphatic carbocycles. The van der Waals surface area contributed by atoms with E-state index in [1.54, 1.807) is 53.2 Å². The molecule has 110 valence electrons. The molecule has 0 N–H and O–H groups in total. The molecule has 1 rings (SSSR count). The van der Waals surface area contributed by atoms with Gasteiger partial charge in [0.25, 0.3) is 0 Å². The first-order valence-corrected chi connectivity index (χ1v) is 13.1. The van der Waals surface area contributed by atoms with Gasteiger partial charge in [0.05, 0.1) is 0 Å². The van der Waals surface area contributed by atoms with E-state index in [1.807, 2.05) is 0 Å². The predicted molar refractivity (Wildman–Crippen MR) is 93.3 cm³/mol. The molecule has 2 atom stereocenters. The van der Waals surface area contributed by atoms with Crippen LogP contribution in [-0.4, -0.2) is 30.4 Å². The van der Waals surface area contributed by atoms with Crippen LogP contribution in [-0.2, 0) is 0 Å². The van der Waals surface area contributed by atoms with Gasteiger partial charge in [0.15, 0.2) is 0 Å². The molecule has 0 nitrogen and oxygen atoms in total. The molecule has 0 aromatic heterocycles. The fraction of sp³-hybridized carbons (Fsp3) is 1.00. The summed E-state index contributed by atoms with van der Waals surface area (Å²) < 4.78 is 0. The molecule has 0 amide bonds. The molecule has 0 saturated heterocycles. The maximum Gasteiger partial charge on any atom is 0.237 e. The summed E-state index contributed by atoms with van der Waals surface area (Å²) in [7, 11) is 0. The zero-order valence-corrected chi connectivity index (χ0v) is 16.9. The lowest BCUT2D eigenvalue weighted by atomic mass is 10.0. The Morgan fingerprint density at radius 3 is 1.58 bits per heavy atom. The summed E-state index contributed by atoms with van der Waals surface area (Å²) in [6.45, 7) is 9.55. The Morgan fingerprint density at radius 1 is 0.789 bits per heavy atom. The normalized spacial score (nSPS) is 23.3. The Balaban J connectivity index is 1.97. The molecule has 0 radical (unpaired) electrons. The molecule has 0 spiro atoms. The third kappa shape index (κ3) is 9.59. The molecular weight excluding hydrogens is 258 g/mol. The summed E-state index contributed by atoms with van der Waals surface area (Å²) in [6.07, 6.45) is 7.95. The summed E-state index contributed by atoms with van der Waals surface area (Å²) in [5.41, 5.74) is 0. The highest BCUT2D eigenvalue weighted by atomic mass is 27.1. The van der Waals surface area contributed by atoms with Gasteiger partial charge in [-0.2, -0.15) is 0 Å². The van der Waals surface area contributed by atoms with Crippen molar-refractivity contribution in [1.82, 2.24) is 0 Å². The van der Waals surface area contributed by atoms with E-state index >= 15 is 0 Å². The monoisotopic (exact) mass is 294 g/mol. The average Bonchev–Trinajstić information content (AvgIpc) is 2.78. The highest BCUT2D eigenvalue weighted by Crippen LogP contribution is 2.36. The molecule has 2 unspecified atom stereocenters. The van der Waals surface area contributed by atoms with Gasteiger partial charge < -0.3 is 0 Å². The van der Waals surface area contributed by atoms with E-state index in [2.05, 4.69) is 27.7 Å². The standard InChI is InChI=1S/C9H16.2C4H9.2Al.2H/c1-3-8-5-6-9(4-2)7-8;2*1-4(2)3;;;;/h8-9H,1-7H2;2*4H,1H2,2-3H3;;;;. The van der Waals surface area contributed by atoms with E-state index in [1.165, 1.54) is 0 Å². The van der Waals surface area contributed by atoms with Crippen molar-refractivity contribution in [3.63, 3.8) is 0 Å². The molecular formula is C17H36Al2. The first-order chi connectivity index (χ1) is 9.08. The molecule has 19 heavy (non-hydrogen) atoms. The van der Waals surface area contributed by atoms with Gasteiger partial charge in [0, 0.05) is 0 Å². The molecule has 2 heteroatoms. The fourth-order valence-corrected chi connectivity index (χ4v) is 7.62. The van der Waals surface area contributed by atoms with Crippen molar-refractivity contribution in [2.45, 2.75) is 80.9 Å². The minimum Gasteiger partial charge on any atom is -0.0970 e. The van der Waals surface area contributed by atoms with E-state index < -0.39 is 0 Å². The van der Waals surface area contributed by atoms with E-state index in [0.29, 0.717) is 30.4 Å². The average molecular weight is 294 g/mol. The van der Waals surface area contributed by atoms with E-state index in [4.69, 9.17) is 0 Å². The van der Waals surface area contributed by atoms with Gasteiger partial charge >= 0.3 is 0 Å². The van der Waals surface area contributed by atoms with Crippen LogP contribution < -0.4 is 0 Å². The Labute approximate surface area is 134 Å². The molecule has 1 fully saturated rings. The third-order valence-corrected chi connectivity index (χ3v) is 9.88. The van der Waals surface area contributed by atoms with Crippen molar-refractivity contribution in [3.8, 4) is 0 Å². The van der Waals surface area contributed by atoms with Crippen LogP contribution in [0.1, 0.15) is 59.8 Å². The van der Waals surface area contributed by atoms with Gasteiger partial charge in [-0.25, -0.2) is 0 Å². The highest BCUT2D eigenvalue weighted by Gasteiger charge is 2.23. The van der Waals surface area contributed by atoms with Crippen LogP contribution in [0.2, 0.25) is 21.1 Å². The minimum absolute atomic E-state index is 0.291. The number of hydrogen-bond donors (Lipinski definition) is 0. The van der Waals surface area contributed by atoms with Crippen molar-refractivity contribution in [2.75, 3.05) is 0 Å². The lowest BCUT2D eigenvalue weighted by Crippen LogP contribution is -2.02. The third-order valence-electron chi connectivity index (χ3n) is 4.94. The largest absolute Gasteiger partial charge is 0.237 e. The van der Waals surface area contributed by atoms with Gasteiger partial charge in [-0.15, -0.1) is 0 Å². The van der Waals surface area contributed by atoms with Crippen LogP contribution in [0.15, 0.2) is 0 Å². The van der Waals surface area contributed by atoms with Crippen LogP contribution in [0.25, 0.3) is 0 Å². The number of rotatable bonds is 10. The van der Waals surface area contributed by atoms with Gasteiger partial charge in [0.1, 0.15) is 0 Å². The van der Waals surface area contributed by atoms with Crippen molar-refractivity contribution in [3.05, 3.63) is 0 Å². The molecule has 0 heterocycles. The topological polar surface area (TPSA) is 0 Å². The van der Waals surface area contributed by atoms with Crippen molar-refractivity contribution >= 4 is 30.4 Å². The van der Waals surface area contributed by atoms with Crippen LogP contribution in [0.3, 0.4) is 0 Å². The minimum atomic E-state index is 0.291. The number of hydrogen-bond acceptors (Lipinski definition) is 0. The van der Waals surface area contributed by atoms with E-state index in [9.17, 15) is 0 Å². The molecule has 1 saturated carbocycles. The van der Waals surface area contributed by atoms with Gasteiger partial charge in [-0.1, -0.05) is 86.3 Å². The van der Waals surface area contributed by atoms with Gasteiger partial charge in [0.2, 0.25) is 30.4 Å². The Hall–Kier alpha value is 1.06. The zero-order valence-electron chi connectivity index (χ0n) is 14.1. The molecule has 1 aliphatic rings. The van der Waals surface area contributed by atoms with E-state index in [-0.39, 0.29) is 0 Å². The maximum absolute atomic E-state index is 2.39. The van der Waals surface area contributed by atoms with Crippen LogP contribution >= 0.6 is 0 Å². The first kappa shape index (κ1) is 18.1. The summed E-state index contributed by atoms with van der Waals surface area (Å²) in [4.78, 5) is 0. The molecule has 0 aliphatic heterocycles. The lowest BCUT2D eigenvalue weighted by Gasteiger charge is -2.11. The van der Waals surface area contributed by atoms with Crippen molar-refractivity contribution < 1.29 is 0 Å². The summed E-state index contributed by atoms with van der Waals surface area (Å²) in [6, 6.07) is 0. The van der Waals surface area contributed by atoms with Crippen molar-refractivity contribution in [1.29, 1.82) is 0 Å². The van der Waals surface area contributed by atoms with Crippen molar-refractivity contribution in [2.24, 2.45) is 23.7 Å². The fourth-order valence-electron chi connectivity index (χ4n) is 3.67. The van der Waals surface area contributed by atoms with Crippen LogP contribution in [0.5, 0.6) is 0 Å². The van der Waals surface area contributed by atoms with Crippen LogP contribution in [0.4, 0.5) is 0 Å². The molecule has 0 aromatic rings. The summed E-state index contributed by atoms with van der Waals surface area (Å²) >= 11 is 0.583. The Kier molecular flexibility index (Phi) is 10.2. The predicted octanol–water partition coefficient (Wildman–Crippen LogP) is 5.04. The Bertz CT molecular complexity index is 191. The van der Waals surface area contributed by atoms with Gasteiger partial charge in [-0.05, 0) is 18.3 Å².